The summed E-state index contributed by atoms with van der Waals surface area (Å²) in [5.41, 5.74) is 0.950. The van der Waals surface area contributed by atoms with Crippen molar-refractivity contribution in [3.63, 3.8) is 0 Å². The summed E-state index contributed by atoms with van der Waals surface area (Å²) in [7, 11) is 0. The van der Waals surface area contributed by atoms with E-state index < -0.39 is 0 Å². The smallest absolute Gasteiger partial charge is 0.255 e. The van der Waals surface area contributed by atoms with Gasteiger partial charge in [-0.15, -0.1) is 0 Å². The molecule has 1 aromatic rings. The van der Waals surface area contributed by atoms with Crippen molar-refractivity contribution >= 4 is 0 Å². The second-order valence-electron chi connectivity index (χ2n) is 3.62. The minimum absolute atomic E-state index is 0.114. The molecule has 0 aliphatic rings. The van der Waals surface area contributed by atoms with Gasteiger partial charge in [-0.25, -0.2) is 0 Å². The fourth-order valence-corrected chi connectivity index (χ4v) is 1.36. The topological polar surface area (TPSA) is 34.0 Å². The van der Waals surface area contributed by atoms with E-state index in [1.54, 1.807) is 4.57 Å². The van der Waals surface area contributed by atoms with Gasteiger partial charge in [0.15, 0.2) is 0 Å². The van der Waals surface area contributed by atoms with E-state index in [-0.39, 0.29) is 11.6 Å². The molecule has 0 aliphatic carbocycles. The summed E-state index contributed by atoms with van der Waals surface area (Å²) in [5, 5.41) is 3.16. The summed E-state index contributed by atoms with van der Waals surface area (Å²) in [5.74, 6) is 0. The molecule has 1 N–H and O–H groups in total. The van der Waals surface area contributed by atoms with Gasteiger partial charge < -0.3 is 9.88 Å². The van der Waals surface area contributed by atoms with Gasteiger partial charge in [-0.05, 0) is 26.5 Å². The second kappa shape index (κ2) is 4.96. The van der Waals surface area contributed by atoms with E-state index in [2.05, 4.69) is 5.32 Å². The molecule has 0 bridgehead atoms. The molecule has 14 heavy (non-hydrogen) atoms. The Bertz CT molecular complexity index is 341. The summed E-state index contributed by atoms with van der Waals surface area (Å²) in [6.07, 6.45) is 1.84. The van der Waals surface area contributed by atoms with E-state index in [0.717, 1.165) is 12.1 Å². The van der Waals surface area contributed by atoms with E-state index in [1.807, 2.05) is 39.1 Å². The highest BCUT2D eigenvalue weighted by atomic mass is 16.1. The van der Waals surface area contributed by atoms with Crippen LogP contribution in [0.1, 0.15) is 32.4 Å². The predicted octanol–water partition coefficient (Wildman–Crippen LogP) is 1.54. The van der Waals surface area contributed by atoms with Crippen LogP contribution in [0, 0.1) is 0 Å². The van der Waals surface area contributed by atoms with E-state index in [4.69, 9.17) is 0 Å². The zero-order valence-electron chi connectivity index (χ0n) is 9.08. The summed E-state index contributed by atoms with van der Waals surface area (Å²) >= 11 is 0. The first kappa shape index (κ1) is 11.0. The minimum atomic E-state index is 0.114. The first-order valence-corrected chi connectivity index (χ1v) is 5.07. The van der Waals surface area contributed by atoms with E-state index in [1.165, 1.54) is 0 Å². The standard InChI is InChI=1S/C11H18N2O/c1-4-12-8-10-6-5-7-13(9(2)3)11(10)14/h5-7,9,12H,4,8H2,1-3H3. The van der Waals surface area contributed by atoms with Crippen molar-refractivity contribution in [2.75, 3.05) is 6.54 Å². The zero-order valence-corrected chi connectivity index (χ0v) is 9.08. The Balaban J connectivity index is 2.96. The molecular formula is C11H18N2O. The van der Waals surface area contributed by atoms with Crippen LogP contribution >= 0.6 is 0 Å². The third kappa shape index (κ3) is 2.45. The molecule has 1 rings (SSSR count). The van der Waals surface area contributed by atoms with Gasteiger partial charge in [-0.3, -0.25) is 4.79 Å². The number of pyridine rings is 1. The van der Waals surface area contributed by atoms with Crippen LogP contribution in [0.15, 0.2) is 23.1 Å². The average molecular weight is 194 g/mol. The number of hydrogen-bond donors (Lipinski definition) is 1. The lowest BCUT2D eigenvalue weighted by Gasteiger charge is -2.11. The third-order valence-electron chi connectivity index (χ3n) is 2.18. The van der Waals surface area contributed by atoms with Gasteiger partial charge in [-0.1, -0.05) is 13.0 Å². The molecule has 0 radical (unpaired) electrons. The Morgan fingerprint density at radius 3 is 2.79 bits per heavy atom. The van der Waals surface area contributed by atoms with Crippen molar-refractivity contribution in [2.24, 2.45) is 0 Å². The summed E-state index contributed by atoms with van der Waals surface area (Å²) in [6.45, 7) is 7.60. The zero-order chi connectivity index (χ0) is 10.6. The Labute approximate surface area is 84.8 Å². The Morgan fingerprint density at radius 1 is 1.50 bits per heavy atom. The predicted molar refractivity (Wildman–Crippen MR) is 58.5 cm³/mol. The van der Waals surface area contributed by atoms with Crippen LogP contribution in [0.25, 0.3) is 0 Å². The van der Waals surface area contributed by atoms with Crippen molar-refractivity contribution < 1.29 is 0 Å². The normalized spacial score (nSPS) is 10.9. The molecule has 1 heterocycles. The van der Waals surface area contributed by atoms with Gasteiger partial charge in [0.2, 0.25) is 0 Å². The van der Waals surface area contributed by atoms with E-state index >= 15 is 0 Å². The van der Waals surface area contributed by atoms with E-state index in [0.29, 0.717) is 6.54 Å². The molecule has 0 aromatic carbocycles. The molecule has 0 atom stereocenters. The molecule has 78 valence electrons. The van der Waals surface area contributed by atoms with Crippen LogP contribution in [-0.4, -0.2) is 11.1 Å². The molecule has 1 aromatic heterocycles. The highest BCUT2D eigenvalue weighted by molar-refractivity contribution is 5.10. The first-order valence-electron chi connectivity index (χ1n) is 5.07. The lowest BCUT2D eigenvalue weighted by atomic mass is 10.2. The fourth-order valence-electron chi connectivity index (χ4n) is 1.36. The maximum Gasteiger partial charge on any atom is 0.255 e. The van der Waals surface area contributed by atoms with Crippen LogP contribution in [0.2, 0.25) is 0 Å². The number of aromatic nitrogens is 1. The molecule has 0 unspecified atom stereocenters. The SMILES string of the molecule is CCNCc1cccn(C(C)C)c1=O. The quantitative estimate of drug-likeness (QED) is 0.789. The minimum Gasteiger partial charge on any atom is -0.313 e. The summed E-state index contributed by atoms with van der Waals surface area (Å²) in [4.78, 5) is 11.8. The van der Waals surface area contributed by atoms with Gasteiger partial charge in [0.25, 0.3) is 5.56 Å². The van der Waals surface area contributed by atoms with Crippen LogP contribution < -0.4 is 10.9 Å². The van der Waals surface area contributed by atoms with Crippen molar-refractivity contribution in [2.45, 2.75) is 33.4 Å². The maximum atomic E-state index is 11.8. The van der Waals surface area contributed by atoms with Crippen LogP contribution in [0.5, 0.6) is 0 Å². The van der Waals surface area contributed by atoms with Gasteiger partial charge in [0, 0.05) is 24.3 Å². The third-order valence-corrected chi connectivity index (χ3v) is 2.18. The average Bonchev–Trinajstić information content (AvgIpc) is 2.16. The highest BCUT2D eigenvalue weighted by Crippen LogP contribution is 2.00. The summed E-state index contributed by atoms with van der Waals surface area (Å²) < 4.78 is 1.76. The molecular weight excluding hydrogens is 176 g/mol. The van der Waals surface area contributed by atoms with Gasteiger partial charge >= 0.3 is 0 Å². The van der Waals surface area contributed by atoms with Crippen LogP contribution in [0.4, 0.5) is 0 Å². The first-order chi connectivity index (χ1) is 6.66. The lowest BCUT2D eigenvalue weighted by molar-refractivity contribution is 0.568. The molecule has 3 heteroatoms. The van der Waals surface area contributed by atoms with Gasteiger partial charge in [-0.2, -0.15) is 0 Å². The molecule has 0 aliphatic heterocycles. The monoisotopic (exact) mass is 194 g/mol. The number of rotatable bonds is 4. The van der Waals surface area contributed by atoms with Crippen molar-refractivity contribution in [3.8, 4) is 0 Å². The number of nitrogens with zero attached hydrogens (tertiary/aromatic N) is 1. The van der Waals surface area contributed by atoms with Gasteiger partial charge in [0.05, 0.1) is 0 Å². The molecule has 0 saturated carbocycles. The van der Waals surface area contributed by atoms with Crippen molar-refractivity contribution in [1.29, 1.82) is 0 Å². The maximum absolute atomic E-state index is 11.8. The van der Waals surface area contributed by atoms with Gasteiger partial charge in [0.1, 0.15) is 0 Å². The fraction of sp³-hybridized carbons (Fsp3) is 0.545. The van der Waals surface area contributed by atoms with Crippen LogP contribution in [-0.2, 0) is 6.54 Å². The molecule has 0 amide bonds. The molecule has 3 nitrogen and oxygen atoms in total. The van der Waals surface area contributed by atoms with Crippen LogP contribution in [0.3, 0.4) is 0 Å². The van der Waals surface area contributed by atoms with Crippen molar-refractivity contribution in [1.82, 2.24) is 9.88 Å². The Morgan fingerprint density at radius 2 is 2.21 bits per heavy atom. The summed E-state index contributed by atoms with van der Waals surface area (Å²) in [6, 6.07) is 4.03. The molecule has 0 fully saturated rings. The molecule has 0 saturated heterocycles. The largest absolute Gasteiger partial charge is 0.313 e. The Kier molecular flexibility index (Phi) is 3.89. The molecule has 0 spiro atoms. The van der Waals surface area contributed by atoms with Crippen molar-refractivity contribution in [3.05, 3.63) is 34.2 Å². The highest BCUT2D eigenvalue weighted by Gasteiger charge is 2.04. The number of hydrogen-bond acceptors (Lipinski definition) is 2. The number of nitrogens with one attached hydrogen (secondary N) is 1. The van der Waals surface area contributed by atoms with E-state index in [9.17, 15) is 4.79 Å². The Hall–Kier alpha value is -1.09. The lowest BCUT2D eigenvalue weighted by Crippen LogP contribution is -2.27. The second-order valence-corrected chi connectivity index (χ2v) is 3.62.